The first kappa shape index (κ1) is 19.1. The third-order valence-electron chi connectivity index (χ3n) is 7.12. The molecule has 31 heavy (non-hydrogen) atoms. The highest BCUT2D eigenvalue weighted by Crippen LogP contribution is 2.65. The Kier molecular flexibility index (Phi) is 4.11. The lowest BCUT2D eigenvalue weighted by Gasteiger charge is -2.37. The summed E-state index contributed by atoms with van der Waals surface area (Å²) in [6.07, 6.45) is 5.44. The molecule has 2 aromatic carbocycles. The second-order valence-electron chi connectivity index (χ2n) is 8.67. The summed E-state index contributed by atoms with van der Waals surface area (Å²) in [7, 11) is 0. The van der Waals surface area contributed by atoms with Crippen LogP contribution in [0.5, 0.6) is 5.75 Å². The van der Waals surface area contributed by atoms with Gasteiger partial charge in [-0.2, -0.15) is 0 Å². The van der Waals surface area contributed by atoms with Crippen LogP contribution in [0.4, 0.5) is 5.69 Å². The van der Waals surface area contributed by atoms with Gasteiger partial charge in [0.25, 0.3) is 0 Å². The number of carbonyl (C=O) groups excluding carboxylic acids is 3. The van der Waals surface area contributed by atoms with Crippen molar-refractivity contribution in [2.75, 3.05) is 4.90 Å². The Balaban J connectivity index is 1.22. The van der Waals surface area contributed by atoms with Crippen molar-refractivity contribution in [3.63, 3.8) is 0 Å². The number of rotatable bonds is 3. The van der Waals surface area contributed by atoms with E-state index in [1.165, 1.54) is 17.0 Å². The second-order valence-corrected chi connectivity index (χ2v) is 9.52. The highest BCUT2D eigenvalue weighted by Gasteiger charge is 2.67. The highest BCUT2D eigenvalue weighted by molar-refractivity contribution is 6.36. The van der Waals surface area contributed by atoms with Crippen LogP contribution < -0.4 is 9.64 Å². The predicted octanol–water partition coefficient (Wildman–Crippen LogP) is 4.77. The van der Waals surface area contributed by atoms with Gasteiger partial charge in [0, 0.05) is 5.02 Å². The molecule has 1 saturated heterocycles. The number of nitrogens with zero attached hydrogens (tertiary/aromatic N) is 1. The van der Waals surface area contributed by atoms with Crippen LogP contribution in [0.1, 0.15) is 16.8 Å². The number of amides is 2. The number of ether oxygens (including phenoxy) is 1. The van der Waals surface area contributed by atoms with Crippen molar-refractivity contribution in [3.05, 3.63) is 70.2 Å². The van der Waals surface area contributed by atoms with E-state index in [0.29, 0.717) is 28.3 Å². The van der Waals surface area contributed by atoms with Crippen molar-refractivity contribution in [2.24, 2.45) is 35.5 Å². The molecule has 5 aliphatic rings. The van der Waals surface area contributed by atoms with E-state index < -0.39 is 5.97 Å². The summed E-state index contributed by atoms with van der Waals surface area (Å²) < 4.78 is 5.39. The summed E-state index contributed by atoms with van der Waals surface area (Å²) >= 11 is 11.9. The number of esters is 1. The first-order chi connectivity index (χ1) is 14.9. The van der Waals surface area contributed by atoms with Gasteiger partial charge in [-0.1, -0.05) is 35.4 Å². The number of benzene rings is 2. The topological polar surface area (TPSA) is 63.7 Å². The van der Waals surface area contributed by atoms with Crippen molar-refractivity contribution in [2.45, 2.75) is 6.42 Å². The predicted molar refractivity (Wildman–Crippen MR) is 115 cm³/mol. The Labute approximate surface area is 188 Å². The molecule has 0 N–H and O–H groups in total. The molecule has 2 bridgehead atoms. The van der Waals surface area contributed by atoms with Crippen LogP contribution >= 0.6 is 23.2 Å². The van der Waals surface area contributed by atoms with Gasteiger partial charge in [-0.05, 0) is 72.6 Å². The fraction of sp³-hybridized carbons (Fsp3) is 0.292. The first-order valence-electron chi connectivity index (χ1n) is 10.3. The minimum absolute atomic E-state index is 0.114. The van der Waals surface area contributed by atoms with E-state index in [-0.39, 0.29) is 46.1 Å². The van der Waals surface area contributed by atoms with Gasteiger partial charge < -0.3 is 4.74 Å². The van der Waals surface area contributed by atoms with Gasteiger partial charge in [0.2, 0.25) is 11.8 Å². The van der Waals surface area contributed by atoms with Crippen molar-refractivity contribution < 1.29 is 19.1 Å². The Morgan fingerprint density at radius 2 is 1.52 bits per heavy atom. The van der Waals surface area contributed by atoms with E-state index in [1.807, 2.05) is 0 Å². The van der Waals surface area contributed by atoms with E-state index in [1.54, 1.807) is 30.3 Å². The molecule has 0 radical (unpaired) electrons. The van der Waals surface area contributed by atoms with Gasteiger partial charge in [0.05, 0.1) is 28.1 Å². The van der Waals surface area contributed by atoms with Crippen molar-refractivity contribution >= 4 is 46.7 Å². The van der Waals surface area contributed by atoms with Crippen molar-refractivity contribution in [1.82, 2.24) is 0 Å². The fourth-order valence-corrected chi connectivity index (χ4v) is 6.18. The lowest BCUT2D eigenvalue weighted by Crippen LogP contribution is -2.40. The minimum atomic E-state index is -0.615. The Hall–Kier alpha value is -2.63. The molecule has 7 heteroatoms. The number of anilines is 1. The normalized spacial score (nSPS) is 32.1. The van der Waals surface area contributed by atoms with E-state index in [4.69, 9.17) is 27.9 Å². The molecular formula is C24H17Cl2NO4. The largest absolute Gasteiger partial charge is 0.423 e. The van der Waals surface area contributed by atoms with E-state index in [2.05, 4.69) is 12.2 Å². The SMILES string of the molecule is O=C(Oc1ccc(N2C(=O)[C@@H]3[C@H]4C=C[C@@H]([C@@H]5C[C@@H]45)[C@H]3C2=O)cc1)c1ccc(Cl)cc1Cl. The number of imide groups is 1. The van der Waals surface area contributed by atoms with Crippen LogP contribution in [0.25, 0.3) is 0 Å². The maximum Gasteiger partial charge on any atom is 0.345 e. The third-order valence-corrected chi connectivity index (χ3v) is 7.67. The summed E-state index contributed by atoms with van der Waals surface area (Å²) in [6, 6.07) is 10.9. The first-order valence-corrected chi connectivity index (χ1v) is 11.0. The Morgan fingerprint density at radius 1 is 0.903 bits per heavy atom. The van der Waals surface area contributed by atoms with E-state index >= 15 is 0 Å². The molecule has 1 aliphatic heterocycles. The van der Waals surface area contributed by atoms with Gasteiger partial charge in [0.15, 0.2) is 0 Å². The summed E-state index contributed by atoms with van der Waals surface area (Å²) in [5, 5.41) is 0.624. The fourth-order valence-electron chi connectivity index (χ4n) is 5.69. The molecule has 7 rings (SSSR count). The number of carbonyl (C=O) groups is 3. The van der Waals surface area contributed by atoms with Crippen molar-refractivity contribution in [3.8, 4) is 5.75 Å². The zero-order valence-corrected chi connectivity index (χ0v) is 17.7. The lowest BCUT2D eigenvalue weighted by molar-refractivity contribution is -0.124. The quantitative estimate of drug-likeness (QED) is 0.290. The Morgan fingerprint density at radius 3 is 2.10 bits per heavy atom. The highest BCUT2D eigenvalue weighted by atomic mass is 35.5. The van der Waals surface area contributed by atoms with Gasteiger partial charge in [0.1, 0.15) is 5.75 Å². The molecule has 2 saturated carbocycles. The third kappa shape index (κ3) is 2.80. The number of hydrogen-bond acceptors (Lipinski definition) is 4. The summed E-state index contributed by atoms with van der Waals surface area (Å²) in [4.78, 5) is 40.1. The summed E-state index contributed by atoms with van der Waals surface area (Å²) in [6.45, 7) is 0. The van der Waals surface area contributed by atoms with Gasteiger partial charge in [-0.3, -0.25) is 14.5 Å². The molecule has 3 fully saturated rings. The minimum Gasteiger partial charge on any atom is -0.423 e. The Bertz CT molecular complexity index is 1140. The van der Waals surface area contributed by atoms with E-state index in [9.17, 15) is 14.4 Å². The molecule has 2 amide bonds. The molecule has 1 heterocycles. The molecule has 6 atom stereocenters. The van der Waals surface area contributed by atoms with Crippen LogP contribution in [0.3, 0.4) is 0 Å². The summed E-state index contributed by atoms with van der Waals surface area (Å²) in [5.41, 5.74) is 0.701. The zero-order chi connectivity index (χ0) is 21.4. The average Bonchev–Trinajstić information content (AvgIpc) is 3.52. The maximum atomic E-state index is 13.2. The molecule has 0 aromatic heterocycles. The van der Waals surface area contributed by atoms with Crippen LogP contribution in [0.15, 0.2) is 54.6 Å². The molecule has 0 unspecified atom stereocenters. The standard InChI is InChI=1S/C24H17Cl2NO4/c25-11-1-6-16(19(26)9-11)24(30)31-13-4-2-12(3-5-13)27-22(28)20-14-7-8-15(18-10-17(14)18)21(20)23(27)29/h1-9,14-15,17-18,20-21H,10H2/t14-,15-,17-,18-,20+,21+/m0/s1. The maximum absolute atomic E-state index is 13.2. The van der Waals surface area contributed by atoms with Gasteiger partial charge in [-0.15, -0.1) is 0 Å². The molecule has 0 spiro atoms. The molecule has 2 aromatic rings. The molecule has 5 nitrogen and oxygen atoms in total. The van der Waals surface area contributed by atoms with Crippen LogP contribution in [-0.4, -0.2) is 17.8 Å². The number of hydrogen-bond donors (Lipinski definition) is 0. The van der Waals surface area contributed by atoms with Gasteiger partial charge >= 0.3 is 5.97 Å². The van der Waals surface area contributed by atoms with Crippen LogP contribution in [0, 0.1) is 35.5 Å². The number of halogens is 2. The summed E-state index contributed by atoms with van der Waals surface area (Å²) in [5.74, 6) is 0.469. The average molecular weight is 454 g/mol. The van der Waals surface area contributed by atoms with Crippen LogP contribution in [-0.2, 0) is 9.59 Å². The second kappa shape index (κ2) is 6.68. The van der Waals surface area contributed by atoms with Crippen LogP contribution in [0.2, 0.25) is 10.0 Å². The lowest BCUT2D eigenvalue weighted by atomic mass is 9.63. The van der Waals surface area contributed by atoms with E-state index in [0.717, 1.165) is 6.42 Å². The molecule has 156 valence electrons. The van der Waals surface area contributed by atoms with Gasteiger partial charge in [-0.25, -0.2) is 4.79 Å². The number of allylic oxidation sites excluding steroid dienone is 2. The molecular weight excluding hydrogens is 437 g/mol. The monoisotopic (exact) mass is 453 g/mol. The molecule has 4 aliphatic carbocycles. The van der Waals surface area contributed by atoms with Crippen molar-refractivity contribution in [1.29, 1.82) is 0 Å². The smallest absolute Gasteiger partial charge is 0.345 e. The zero-order valence-electron chi connectivity index (χ0n) is 16.2.